The van der Waals surface area contributed by atoms with Crippen LogP contribution in [0.15, 0.2) is 95.5 Å². The molecule has 0 aliphatic carbocycles. The fourth-order valence-electron chi connectivity index (χ4n) is 4.00. The van der Waals surface area contributed by atoms with Gasteiger partial charge < -0.3 is 14.9 Å². The monoisotopic (exact) mass is 449 g/mol. The molecule has 34 heavy (non-hydrogen) atoms. The number of nitrogens with zero attached hydrogens (tertiary/aromatic N) is 2. The number of rotatable bonds is 7. The Labute approximate surface area is 196 Å². The Balaban J connectivity index is 1.28. The van der Waals surface area contributed by atoms with E-state index in [1.165, 1.54) is 10.8 Å². The summed E-state index contributed by atoms with van der Waals surface area (Å²) in [4.78, 5) is 15.6. The van der Waals surface area contributed by atoms with E-state index >= 15 is 0 Å². The normalized spacial score (nSPS) is 11.9. The molecule has 0 radical (unpaired) electrons. The first-order valence-electron chi connectivity index (χ1n) is 11.1. The first-order valence-corrected chi connectivity index (χ1v) is 11.1. The van der Waals surface area contributed by atoms with Gasteiger partial charge >= 0.3 is 5.97 Å². The largest absolute Gasteiger partial charge is 0.478 e. The van der Waals surface area contributed by atoms with Gasteiger partial charge in [-0.25, -0.2) is 4.79 Å². The van der Waals surface area contributed by atoms with Crippen LogP contribution in [0.25, 0.3) is 22.2 Å². The van der Waals surface area contributed by atoms with Crippen molar-refractivity contribution in [1.29, 1.82) is 0 Å². The fraction of sp³-hybridized carbons (Fsp3) is 0.107. The minimum atomic E-state index is -0.925. The smallest absolute Gasteiger partial charge is 0.335 e. The zero-order valence-corrected chi connectivity index (χ0v) is 18.6. The van der Waals surface area contributed by atoms with Crippen molar-refractivity contribution >= 4 is 22.4 Å². The molecule has 0 spiro atoms. The molecule has 1 unspecified atom stereocenters. The molecule has 5 aromatic rings. The minimum Gasteiger partial charge on any atom is -0.478 e. The van der Waals surface area contributed by atoms with E-state index < -0.39 is 5.97 Å². The van der Waals surface area contributed by atoms with Crippen LogP contribution in [0.5, 0.6) is 0 Å². The highest BCUT2D eigenvalue weighted by molar-refractivity contribution is 5.87. The average Bonchev–Trinajstić information content (AvgIpc) is 3.38. The first kappa shape index (κ1) is 21.4. The molecule has 1 atom stereocenters. The third kappa shape index (κ3) is 4.38. The van der Waals surface area contributed by atoms with Gasteiger partial charge in [0, 0.05) is 17.8 Å². The highest BCUT2D eigenvalue weighted by atomic mass is 16.5. The van der Waals surface area contributed by atoms with Gasteiger partial charge in [-0.05, 0) is 65.2 Å². The molecule has 6 heteroatoms. The molecule has 6 nitrogen and oxygen atoms in total. The van der Waals surface area contributed by atoms with Crippen molar-refractivity contribution in [3.63, 3.8) is 0 Å². The van der Waals surface area contributed by atoms with E-state index in [0.29, 0.717) is 18.3 Å². The second kappa shape index (κ2) is 9.19. The van der Waals surface area contributed by atoms with Crippen molar-refractivity contribution in [1.82, 2.24) is 10.1 Å². The first-order chi connectivity index (χ1) is 16.6. The summed E-state index contributed by atoms with van der Waals surface area (Å²) in [6, 6.07) is 29.2. The number of carboxylic acid groups (broad SMARTS) is 1. The number of aromatic carboxylic acids is 1. The molecule has 0 saturated carbocycles. The van der Waals surface area contributed by atoms with E-state index in [0.717, 1.165) is 22.4 Å². The number of anilines is 1. The van der Waals surface area contributed by atoms with Crippen LogP contribution in [-0.2, 0) is 6.54 Å². The van der Waals surface area contributed by atoms with Crippen LogP contribution >= 0.6 is 0 Å². The van der Waals surface area contributed by atoms with Gasteiger partial charge in [-0.2, -0.15) is 4.98 Å². The molecule has 0 bridgehead atoms. The Kier molecular flexibility index (Phi) is 5.79. The fourth-order valence-corrected chi connectivity index (χ4v) is 4.00. The van der Waals surface area contributed by atoms with Gasteiger partial charge in [0.2, 0.25) is 11.7 Å². The summed E-state index contributed by atoms with van der Waals surface area (Å²) in [6.45, 7) is 2.67. The molecule has 0 aliphatic rings. The van der Waals surface area contributed by atoms with Crippen molar-refractivity contribution in [3.05, 3.63) is 114 Å². The molecule has 5 rings (SSSR count). The molecule has 0 aliphatic heterocycles. The zero-order valence-electron chi connectivity index (χ0n) is 18.6. The van der Waals surface area contributed by atoms with Crippen molar-refractivity contribution in [2.24, 2.45) is 0 Å². The van der Waals surface area contributed by atoms with Crippen molar-refractivity contribution in [2.75, 3.05) is 5.32 Å². The van der Waals surface area contributed by atoms with Crippen molar-refractivity contribution < 1.29 is 14.4 Å². The number of fused-ring (bicyclic) bond motifs is 1. The summed E-state index contributed by atoms with van der Waals surface area (Å²) in [5.74, 6) is 0.184. The number of aromatic nitrogens is 2. The molecule has 1 aromatic heterocycles. The molecule has 0 amide bonds. The lowest BCUT2D eigenvalue weighted by molar-refractivity contribution is 0.0697. The van der Waals surface area contributed by atoms with E-state index in [1.807, 2.05) is 48.5 Å². The lowest BCUT2D eigenvalue weighted by Crippen LogP contribution is -2.01. The summed E-state index contributed by atoms with van der Waals surface area (Å²) in [6.07, 6.45) is 0. The van der Waals surface area contributed by atoms with E-state index in [4.69, 9.17) is 9.63 Å². The maximum Gasteiger partial charge on any atom is 0.335 e. The second-order valence-corrected chi connectivity index (χ2v) is 8.18. The number of carboxylic acids is 1. The highest BCUT2D eigenvalue weighted by Crippen LogP contribution is 2.30. The number of hydrogen-bond donors (Lipinski definition) is 2. The third-order valence-electron chi connectivity index (χ3n) is 5.94. The Morgan fingerprint density at radius 1 is 0.941 bits per heavy atom. The van der Waals surface area contributed by atoms with Gasteiger partial charge in [-0.1, -0.05) is 59.8 Å². The van der Waals surface area contributed by atoms with Crippen LogP contribution in [0, 0.1) is 0 Å². The van der Waals surface area contributed by atoms with E-state index in [1.54, 1.807) is 12.1 Å². The van der Waals surface area contributed by atoms with Crippen LogP contribution < -0.4 is 5.32 Å². The van der Waals surface area contributed by atoms with E-state index in [9.17, 15) is 4.79 Å². The summed E-state index contributed by atoms with van der Waals surface area (Å²) in [5.41, 5.74) is 4.25. The predicted octanol–water partition coefficient (Wildman–Crippen LogP) is 6.35. The lowest BCUT2D eigenvalue weighted by atomic mass is 9.95. The number of carbonyl (C=O) groups is 1. The Morgan fingerprint density at radius 2 is 1.68 bits per heavy atom. The summed E-state index contributed by atoms with van der Waals surface area (Å²) in [5, 5.41) is 18.9. The van der Waals surface area contributed by atoms with Gasteiger partial charge in [-0.15, -0.1) is 0 Å². The SMILES string of the molecule is CC(c1nc(-c2ccc(NCc3ccc(C(=O)O)cc3)cc2)no1)c1cccc2ccccc12. The second-order valence-electron chi connectivity index (χ2n) is 8.18. The van der Waals surface area contributed by atoms with E-state index in [2.05, 4.69) is 52.7 Å². The summed E-state index contributed by atoms with van der Waals surface area (Å²) in [7, 11) is 0. The molecule has 0 fully saturated rings. The minimum absolute atomic E-state index is 0.0270. The molecule has 4 aromatic carbocycles. The van der Waals surface area contributed by atoms with Gasteiger partial charge in [0.15, 0.2) is 0 Å². The summed E-state index contributed by atoms with van der Waals surface area (Å²) < 4.78 is 5.63. The predicted molar refractivity (Wildman–Crippen MR) is 132 cm³/mol. The van der Waals surface area contributed by atoms with Crippen LogP contribution in [0.2, 0.25) is 0 Å². The van der Waals surface area contributed by atoms with E-state index in [-0.39, 0.29) is 11.5 Å². The van der Waals surface area contributed by atoms with Gasteiger partial charge in [0.25, 0.3) is 0 Å². The molecule has 168 valence electrons. The maximum absolute atomic E-state index is 11.0. The Morgan fingerprint density at radius 3 is 2.44 bits per heavy atom. The standard InChI is InChI=1S/C28H23N3O3/c1-18(24-8-4-6-20-5-2-3-7-25(20)24)27-30-26(31-34-27)21-13-15-23(16-14-21)29-17-19-9-11-22(12-10-19)28(32)33/h2-16,18,29H,17H2,1H3,(H,32,33). The molecule has 0 saturated heterocycles. The third-order valence-corrected chi connectivity index (χ3v) is 5.94. The Hall–Kier alpha value is -4.45. The van der Waals surface area contributed by atoms with Crippen LogP contribution in [-0.4, -0.2) is 21.2 Å². The number of benzene rings is 4. The average molecular weight is 450 g/mol. The topological polar surface area (TPSA) is 88.2 Å². The van der Waals surface area contributed by atoms with Crippen molar-refractivity contribution in [3.8, 4) is 11.4 Å². The molecule has 1 heterocycles. The Bertz CT molecular complexity index is 1440. The summed E-state index contributed by atoms with van der Waals surface area (Å²) >= 11 is 0. The zero-order chi connectivity index (χ0) is 23.5. The quantitative estimate of drug-likeness (QED) is 0.301. The molecular weight excluding hydrogens is 426 g/mol. The number of nitrogens with one attached hydrogen (secondary N) is 1. The molecular formula is C28H23N3O3. The van der Waals surface area contributed by atoms with Crippen LogP contribution in [0.1, 0.15) is 40.2 Å². The van der Waals surface area contributed by atoms with Gasteiger partial charge in [0.05, 0.1) is 11.5 Å². The van der Waals surface area contributed by atoms with Gasteiger partial charge in [0.1, 0.15) is 0 Å². The lowest BCUT2D eigenvalue weighted by Gasteiger charge is -2.10. The van der Waals surface area contributed by atoms with Crippen LogP contribution in [0.4, 0.5) is 5.69 Å². The van der Waals surface area contributed by atoms with Crippen molar-refractivity contribution in [2.45, 2.75) is 19.4 Å². The van der Waals surface area contributed by atoms with Crippen LogP contribution in [0.3, 0.4) is 0 Å². The van der Waals surface area contributed by atoms with Gasteiger partial charge in [-0.3, -0.25) is 0 Å². The molecule has 2 N–H and O–H groups in total. The maximum atomic E-state index is 11.0. The highest BCUT2D eigenvalue weighted by Gasteiger charge is 2.19. The number of hydrogen-bond acceptors (Lipinski definition) is 5.